The number of hydrogen-bond donors (Lipinski definition) is 29. The van der Waals surface area contributed by atoms with Crippen molar-refractivity contribution in [2.24, 2.45) is 35.0 Å². The first kappa shape index (κ1) is 118. The van der Waals surface area contributed by atoms with Gasteiger partial charge in [0, 0.05) is 55.9 Å². The Kier molecular flexibility index (Phi) is 54.4. The van der Waals surface area contributed by atoms with Crippen molar-refractivity contribution in [1.82, 2.24) is 101 Å². The van der Waals surface area contributed by atoms with Crippen molar-refractivity contribution < 1.29 is 117 Å². The molecular formula is C90H144N24O24. The molecule has 2 aromatic carbocycles. The van der Waals surface area contributed by atoms with Crippen LogP contribution in [0.1, 0.15) is 208 Å². The van der Waals surface area contributed by atoms with E-state index in [0.29, 0.717) is 28.5 Å². The van der Waals surface area contributed by atoms with E-state index in [1.165, 1.54) is 90.5 Å². The Morgan fingerprint density at radius 2 is 0.783 bits per heavy atom. The van der Waals surface area contributed by atoms with Crippen LogP contribution in [0.4, 0.5) is 0 Å². The number of carboxylic acids is 2. The van der Waals surface area contributed by atoms with Gasteiger partial charge in [-0.3, -0.25) is 102 Å². The van der Waals surface area contributed by atoms with Crippen molar-refractivity contribution >= 4 is 135 Å². The second-order valence-electron chi connectivity index (χ2n) is 34.9. The number of aromatic amines is 1. The van der Waals surface area contributed by atoms with E-state index in [0.717, 1.165) is 25.7 Å². The van der Waals surface area contributed by atoms with E-state index >= 15 is 0 Å². The van der Waals surface area contributed by atoms with Crippen molar-refractivity contribution in [2.75, 3.05) is 45.9 Å². The number of aromatic nitrogens is 1. The van der Waals surface area contributed by atoms with Gasteiger partial charge in [0.05, 0.1) is 39.3 Å². The summed E-state index contributed by atoms with van der Waals surface area (Å²) in [6, 6.07) is -7.99. The minimum absolute atomic E-state index is 0.0188. The monoisotopic (exact) mass is 1950 g/mol. The van der Waals surface area contributed by atoms with Crippen molar-refractivity contribution in [1.29, 1.82) is 10.8 Å². The number of aliphatic hydroxyl groups excluding tert-OH is 2. The summed E-state index contributed by atoms with van der Waals surface area (Å²) in [7, 11) is 0. The Labute approximate surface area is 800 Å². The largest absolute Gasteiger partial charge is 0.508 e. The maximum Gasteiger partial charge on any atom is 0.305 e. The summed E-state index contributed by atoms with van der Waals surface area (Å²) >= 11 is 0. The maximum absolute atomic E-state index is 14.6. The van der Waals surface area contributed by atoms with Crippen LogP contribution in [0.25, 0.3) is 10.9 Å². The molecule has 0 fully saturated rings. The van der Waals surface area contributed by atoms with Gasteiger partial charge < -0.3 is 143 Å². The minimum atomic E-state index is -2.03. The lowest BCUT2D eigenvalue weighted by atomic mass is 9.99. The van der Waals surface area contributed by atoms with Gasteiger partial charge >= 0.3 is 11.9 Å². The fraction of sp³-hybridized carbons (Fsp3) is 0.611. The molecule has 0 radical (unpaired) electrons. The van der Waals surface area contributed by atoms with Crippen molar-refractivity contribution in [3.8, 4) is 5.75 Å². The number of nitrogens with one attached hydrogen (secondary N) is 21. The number of carbonyl (C=O) groups excluding carboxylic acids is 17. The highest BCUT2D eigenvalue weighted by Gasteiger charge is 2.39. The zero-order valence-electron chi connectivity index (χ0n) is 79.9. The third-order valence-corrected chi connectivity index (χ3v) is 21.7. The Balaban J connectivity index is 1.69. The Hall–Kier alpha value is -13.8. The summed E-state index contributed by atoms with van der Waals surface area (Å²) in [6.07, 6.45) is 10.4. The molecule has 0 bridgehead atoms. The number of phenolic OH excluding ortho intramolecular Hbond substituents is 1. The second-order valence-corrected chi connectivity index (χ2v) is 34.9. The standard InChI is InChI=1S/C90H144N24O24/c1-10-11-12-13-14-15-16-17-18-19-20-29-69(118)99-45-71(120)102-52(8)77(127)105-59(27-23-36-96-89(92)93)80(130)103-53(9)78(128)112-68(48-116)87(137)114-75(51(6)7)88(138)111-64(39-50(4)5)84(134)113-67(47-115)79(129)101-44-70(119)100-46-72(121)104-61(34-35-73(122)123)82(132)108-63(38-49(2)3)83(133)110-66(42-74(124)125)86(136)106-60(28-24-37-97-90(94)95)81(131)109-65(41-55-43-98-58-26-22-21-25-57(55)58)85(135)107-62(76(91)126)40-54-30-32-56(117)33-31-54/h21-22,25-26,30-33,43,49-53,59-68,75,98,115-117H,10-20,23-24,27-29,34-42,44-48H2,1-9H3,(H2,91,126)(H,99,118)(H,100,119)(H,101,129)(H,102,120)(H,103,130)(H,104,121)(H,105,127)(H,106,136)(H,107,135)(H,108,132)(H,109,131)(H,110,133)(H,111,138)(H,112,128)(H,113,134)(H,114,137)(H,122,123)(H,124,125)(H4,92,93,96)(H4,94,95,97). The van der Waals surface area contributed by atoms with Crippen LogP contribution in [0.5, 0.6) is 5.75 Å². The topological polar surface area (TPSA) is 784 Å². The average molecular weight is 1950 g/mol. The number of amides is 17. The van der Waals surface area contributed by atoms with Gasteiger partial charge in [0.25, 0.3) is 0 Å². The molecule has 1 heterocycles. The number of phenols is 1. The van der Waals surface area contributed by atoms with Gasteiger partial charge in [-0.2, -0.15) is 0 Å². The van der Waals surface area contributed by atoms with Crippen LogP contribution >= 0.6 is 0 Å². The van der Waals surface area contributed by atoms with Crippen LogP contribution in [0.15, 0.2) is 54.7 Å². The van der Waals surface area contributed by atoms with Crippen molar-refractivity contribution in [3.63, 3.8) is 0 Å². The quantitative estimate of drug-likeness (QED) is 0.0146. The lowest BCUT2D eigenvalue weighted by molar-refractivity contribution is -0.142. The summed E-state index contributed by atoms with van der Waals surface area (Å²) in [6.45, 7) is 9.89. The maximum atomic E-state index is 14.6. The number of benzene rings is 2. The smallest absolute Gasteiger partial charge is 0.305 e. The molecule has 32 N–H and O–H groups in total. The van der Waals surface area contributed by atoms with E-state index in [-0.39, 0.29) is 94.4 Å². The molecule has 0 saturated carbocycles. The molecule has 0 aliphatic rings. The molecule has 0 aliphatic heterocycles. The fourth-order valence-electron chi connectivity index (χ4n) is 14.1. The van der Waals surface area contributed by atoms with Crippen LogP contribution in [-0.2, 0) is 104 Å². The molecule has 13 atom stereocenters. The van der Waals surface area contributed by atoms with Crippen LogP contribution in [0.3, 0.4) is 0 Å². The molecule has 13 unspecified atom stereocenters. The highest BCUT2D eigenvalue weighted by molar-refractivity contribution is 6.01. The first-order valence-corrected chi connectivity index (χ1v) is 46.4. The molecule has 17 amide bonds. The van der Waals surface area contributed by atoms with E-state index in [2.05, 4.69) is 108 Å². The number of guanidine groups is 2. The molecule has 0 spiro atoms. The van der Waals surface area contributed by atoms with Crippen LogP contribution in [0, 0.1) is 28.6 Å². The predicted molar refractivity (Wildman–Crippen MR) is 505 cm³/mol. The Morgan fingerprint density at radius 1 is 0.370 bits per heavy atom. The van der Waals surface area contributed by atoms with E-state index in [9.17, 15) is 117 Å². The van der Waals surface area contributed by atoms with Gasteiger partial charge in [0.2, 0.25) is 100 Å². The summed E-state index contributed by atoms with van der Waals surface area (Å²) in [4.78, 5) is 260. The van der Waals surface area contributed by atoms with E-state index in [1.807, 2.05) is 0 Å². The highest BCUT2D eigenvalue weighted by Crippen LogP contribution is 2.22. The number of carboxylic acid groups (broad SMARTS) is 2. The first-order chi connectivity index (χ1) is 65.2. The van der Waals surface area contributed by atoms with E-state index in [1.54, 1.807) is 58.2 Å². The molecule has 138 heavy (non-hydrogen) atoms. The molecular weight excluding hydrogens is 1800 g/mol. The van der Waals surface area contributed by atoms with Gasteiger partial charge in [-0.25, -0.2) is 0 Å². The summed E-state index contributed by atoms with van der Waals surface area (Å²) < 4.78 is 0. The van der Waals surface area contributed by atoms with E-state index in [4.69, 9.17) is 28.0 Å². The van der Waals surface area contributed by atoms with E-state index < -0.39 is 255 Å². The SMILES string of the molecule is CCCCCCCCCCCCCC(=O)NCC(=O)NC(C)C(=O)NC(CCCNC(=N)N)C(=O)NC(C)C(=O)NC(CO)C(=O)NC(C(=O)NC(CC(C)C)C(=O)NC(CO)C(=O)NCC(=O)NCC(=O)NC(CCC(=O)O)C(=O)NC(CC(C)C)C(=O)NC(CC(=O)O)C(=O)NC(CCCNC(=N)N)C(=O)NC(Cc1c[nH]c2ccccc12)C(=O)NC(Cc1ccc(O)cc1)C(N)=O)C(C)C. The number of hydrogen-bond acceptors (Lipinski definition) is 24. The van der Waals surface area contributed by atoms with Gasteiger partial charge in [0.15, 0.2) is 11.9 Å². The number of aliphatic carboxylic acids is 2. The molecule has 48 nitrogen and oxygen atoms in total. The molecule has 0 saturated heterocycles. The first-order valence-electron chi connectivity index (χ1n) is 46.4. The van der Waals surface area contributed by atoms with Gasteiger partial charge in [0.1, 0.15) is 84.3 Å². The number of H-pyrrole nitrogens is 1. The van der Waals surface area contributed by atoms with Crippen LogP contribution in [-0.4, -0.2) is 279 Å². The lowest BCUT2D eigenvalue weighted by Crippen LogP contribution is -2.61. The normalized spacial score (nSPS) is 13.9. The molecule has 0 aliphatic carbocycles. The van der Waals surface area contributed by atoms with Crippen molar-refractivity contribution in [2.45, 2.75) is 289 Å². The third-order valence-electron chi connectivity index (χ3n) is 21.7. The number of aromatic hydroxyl groups is 1. The molecule has 3 rings (SSSR count). The number of rotatable bonds is 68. The highest BCUT2D eigenvalue weighted by atomic mass is 16.4. The number of para-hydroxylation sites is 1. The van der Waals surface area contributed by atoms with Crippen LogP contribution in [0.2, 0.25) is 0 Å². The van der Waals surface area contributed by atoms with Gasteiger partial charge in [-0.15, -0.1) is 0 Å². The second kappa shape index (κ2) is 63.5. The zero-order chi connectivity index (χ0) is 103. The summed E-state index contributed by atoms with van der Waals surface area (Å²) in [5.41, 5.74) is 18.3. The number of unbranched alkanes of at least 4 members (excludes halogenated alkanes) is 10. The number of nitrogens with two attached hydrogens (primary N) is 3. The predicted octanol–water partition coefficient (Wildman–Crippen LogP) is -3.87. The lowest BCUT2D eigenvalue weighted by Gasteiger charge is -2.28. The number of primary amides is 1. The Bertz CT molecular complexity index is 4570. The number of carbonyl (C=O) groups is 19. The summed E-state index contributed by atoms with van der Waals surface area (Å²) in [5, 5.41) is 110. The number of aliphatic hydroxyl groups is 2. The summed E-state index contributed by atoms with van der Waals surface area (Å²) in [5.74, 6) is -22.5. The fourth-order valence-corrected chi connectivity index (χ4v) is 14.1. The molecule has 48 heteroatoms. The van der Waals surface area contributed by atoms with Crippen LogP contribution < -0.4 is 113 Å². The van der Waals surface area contributed by atoms with Crippen molar-refractivity contribution in [3.05, 3.63) is 65.9 Å². The molecule has 3 aromatic rings. The number of fused-ring (bicyclic) bond motifs is 1. The third kappa shape index (κ3) is 47.1. The van der Waals surface area contributed by atoms with Gasteiger partial charge in [-0.1, -0.05) is 143 Å². The minimum Gasteiger partial charge on any atom is -0.508 e. The van der Waals surface area contributed by atoms with Gasteiger partial charge in [-0.05, 0) is 112 Å². The zero-order valence-corrected chi connectivity index (χ0v) is 79.9. The molecule has 1 aromatic heterocycles. The average Bonchev–Trinajstić information content (AvgIpc) is 1.67. The molecule has 768 valence electrons. The Morgan fingerprint density at radius 3 is 1.30 bits per heavy atom.